The van der Waals surface area contributed by atoms with Crippen LogP contribution in [0.2, 0.25) is 0 Å². The fraction of sp³-hybridized carbons (Fsp3) is 0.385. The zero-order valence-corrected chi connectivity index (χ0v) is 9.82. The van der Waals surface area contributed by atoms with Crippen LogP contribution in [0.15, 0.2) is 30.3 Å². The molecule has 0 fully saturated rings. The third-order valence-electron chi connectivity index (χ3n) is 2.23. The summed E-state index contributed by atoms with van der Waals surface area (Å²) in [6.45, 7) is 4.98. The van der Waals surface area contributed by atoms with Crippen LogP contribution in [0.5, 0.6) is 0 Å². The van der Waals surface area contributed by atoms with E-state index in [1.54, 1.807) is 13.8 Å². The van der Waals surface area contributed by atoms with Crippen molar-refractivity contribution in [1.82, 2.24) is 0 Å². The van der Waals surface area contributed by atoms with Gasteiger partial charge in [-0.1, -0.05) is 30.3 Å². The van der Waals surface area contributed by atoms with Crippen molar-refractivity contribution < 1.29 is 14.3 Å². The summed E-state index contributed by atoms with van der Waals surface area (Å²) in [5, 5.41) is 0. The molecule has 1 aromatic rings. The quantitative estimate of drug-likeness (QED) is 0.578. The molecule has 0 aliphatic rings. The lowest BCUT2D eigenvalue weighted by molar-refractivity contribution is -0.158. The molecule has 86 valence electrons. The lowest BCUT2D eigenvalue weighted by Gasteiger charge is -2.25. The Hall–Kier alpha value is -1.64. The van der Waals surface area contributed by atoms with Gasteiger partial charge < -0.3 is 4.74 Å². The Bertz CT molecular complexity index is 379. The summed E-state index contributed by atoms with van der Waals surface area (Å²) < 4.78 is 5.27. The van der Waals surface area contributed by atoms with Gasteiger partial charge in [-0.3, -0.25) is 9.59 Å². The molecule has 0 bridgehead atoms. The number of hydrogen-bond acceptors (Lipinski definition) is 3. The summed E-state index contributed by atoms with van der Waals surface area (Å²) in [6.07, 6.45) is -0.170. The van der Waals surface area contributed by atoms with Gasteiger partial charge in [-0.05, 0) is 26.3 Å². The minimum atomic E-state index is -0.701. The summed E-state index contributed by atoms with van der Waals surface area (Å²) in [7, 11) is 0. The van der Waals surface area contributed by atoms with Crippen molar-refractivity contribution in [2.45, 2.75) is 32.8 Å². The minimum Gasteiger partial charge on any atom is -0.454 e. The third kappa shape index (κ3) is 3.50. The molecule has 16 heavy (non-hydrogen) atoms. The minimum absolute atomic E-state index is 0.170. The molecule has 0 saturated carbocycles. The van der Waals surface area contributed by atoms with Gasteiger partial charge in [-0.15, -0.1) is 0 Å². The topological polar surface area (TPSA) is 43.4 Å². The monoisotopic (exact) mass is 220 g/mol. The number of carbonyl (C=O) groups is 2. The Morgan fingerprint density at radius 2 is 1.75 bits per heavy atom. The van der Waals surface area contributed by atoms with Crippen molar-refractivity contribution >= 4 is 11.8 Å². The Labute approximate surface area is 95.4 Å². The van der Waals surface area contributed by atoms with Crippen LogP contribution in [0, 0.1) is 0 Å². The zero-order chi connectivity index (χ0) is 12.2. The molecule has 0 radical (unpaired) electrons. The van der Waals surface area contributed by atoms with Crippen molar-refractivity contribution in [2.24, 2.45) is 0 Å². The first kappa shape index (κ1) is 12.4. The second-order valence-corrected chi connectivity index (χ2v) is 4.23. The number of rotatable bonds is 4. The largest absolute Gasteiger partial charge is 0.454 e. The Kier molecular flexibility index (Phi) is 3.82. The molecule has 0 N–H and O–H groups in total. The SMILES string of the molecule is CC(=O)CC(=O)OC(C)(C)c1ccccc1. The molecule has 0 atom stereocenters. The van der Waals surface area contributed by atoms with E-state index in [1.165, 1.54) is 6.92 Å². The molecule has 3 heteroatoms. The number of ketones is 1. The van der Waals surface area contributed by atoms with Gasteiger partial charge in [0.15, 0.2) is 0 Å². The molecule has 0 aliphatic carbocycles. The van der Waals surface area contributed by atoms with Gasteiger partial charge in [0.05, 0.1) is 0 Å². The van der Waals surface area contributed by atoms with E-state index in [4.69, 9.17) is 4.74 Å². The summed E-state index contributed by atoms with van der Waals surface area (Å²) >= 11 is 0. The van der Waals surface area contributed by atoms with E-state index in [9.17, 15) is 9.59 Å². The standard InChI is InChI=1S/C13H16O3/c1-10(14)9-12(15)16-13(2,3)11-7-5-4-6-8-11/h4-8H,9H2,1-3H3. The first-order chi connectivity index (χ1) is 7.42. The van der Waals surface area contributed by atoms with Crippen LogP contribution >= 0.6 is 0 Å². The molecule has 0 aromatic heterocycles. The van der Waals surface area contributed by atoms with Crippen LogP contribution in [0.4, 0.5) is 0 Å². The Morgan fingerprint density at radius 3 is 2.25 bits per heavy atom. The molecule has 1 aromatic carbocycles. The molecule has 0 unspecified atom stereocenters. The number of esters is 1. The lowest BCUT2D eigenvalue weighted by atomic mass is 9.98. The van der Waals surface area contributed by atoms with Crippen molar-refractivity contribution in [3.63, 3.8) is 0 Å². The maximum Gasteiger partial charge on any atom is 0.314 e. The Balaban J connectivity index is 2.72. The van der Waals surface area contributed by atoms with E-state index in [0.717, 1.165) is 5.56 Å². The molecule has 3 nitrogen and oxygen atoms in total. The van der Waals surface area contributed by atoms with E-state index < -0.39 is 11.6 Å². The van der Waals surface area contributed by atoms with Gasteiger partial charge in [0.1, 0.15) is 17.8 Å². The number of carbonyl (C=O) groups excluding carboxylic acids is 2. The van der Waals surface area contributed by atoms with E-state index in [0.29, 0.717) is 0 Å². The summed E-state index contributed by atoms with van der Waals surface area (Å²) in [4.78, 5) is 22.2. The summed E-state index contributed by atoms with van der Waals surface area (Å²) in [5.41, 5.74) is 0.209. The number of Topliss-reactive ketones (excluding diaryl/α,β-unsaturated/α-hetero) is 1. The van der Waals surface area contributed by atoms with E-state index in [1.807, 2.05) is 30.3 Å². The predicted molar refractivity (Wildman–Crippen MR) is 60.9 cm³/mol. The van der Waals surface area contributed by atoms with Crippen molar-refractivity contribution in [1.29, 1.82) is 0 Å². The fourth-order valence-corrected chi connectivity index (χ4v) is 1.42. The normalized spacial score (nSPS) is 10.9. The summed E-state index contributed by atoms with van der Waals surface area (Å²) in [5.74, 6) is -0.671. The van der Waals surface area contributed by atoms with Gasteiger partial charge in [0.2, 0.25) is 0 Å². The number of hydrogen-bond donors (Lipinski definition) is 0. The second-order valence-electron chi connectivity index (χ2n) is 4.23. The molecule has 0 heterocycles. The van der Waals surface area contributed by atoms with Crippen LogP contribution in [0.1, 0.15) is 32.8 Å². The van der Waals surface area contributed by atoms with E-state index >= 15 is 0 Å². The van der Waals surface area contributed by atoms with Gasteiger partial charge in [0, 0.05) is 0 Å². The third-order valence-corrected chi connectivity index (χ3v) is 2.23. The first-order valence-corrected chi connectivity index (χ1v) is 5.18. The highest BCUT2D eigenvalue weighted by Gasteiger charge is 2.25. The maximum atomic E-state index is 11.4. The molecule has 0 saturated heterocycles. The van der Waals surface area contributed by atoms with Crippen LogP contribution in [0.3, 0.4) is 0 Å². The fourth-order valence-electron chi connectivity index (χ4n) is 1.42. The van der Waals surface area contributed by atoms with Gasteiger partial charge >= 0.3 is 5.97 Å². The van der Waals surface area contributed by atoms with E-state index in [-0.39, 0.29) is 12.2 Å². The van der Waals surface area contributed by atoms with Crippen LogP contribution in [0.25, 0.3) is 0 Å². The molecular formula is C13H16O3. The maximum absolute atomic E-state index is 11.4. The van der Waals surface area contributed by atoms with Crippen molar-refractivity contribution in [2.75, 3.05) is 0 Å². The van der Waals surface area contributed by atoms with E-state index in [2.05, 4.69) is 0 Å². The molecule has 0 amide bonds. The highest BCUT2D eigenvalue weighted by molar-refractivity contribution is 5.94. The van der Waals surface area contributed by atoms with Crippen LogP contribution < -0.4 is 0 Å². The van der Waals surface area contributed by atoms with Crippen LogP contribution in [-0.2, 0) is 19.9 Å². The van der Waals surface area contributed by atoms with Gasteiger partial charge in [-0.25, -0.2) is 0 Å². The first-order valence-electron chi connectivity index (χ1n) is 5.18. The highest BCUT2D eigenvalue weighted by atomic mass is 16.6. The number of benzene rings is 1. The van der Waals surface area contributed by atoms with Gasteiger partial charge in [0.25, 0.3) is 0 Å². The van der Waals surface area contributed by atoms with Crippen molar-refractivity contribution in [3.8, 4) is 0 Å². The highest BCUT2D eigenvalue weighted by Crippen LogP contribution is 2.24. The molecule has 1 rings (SSSR count). The lowest BCUT2D eigenvalue weighted by Crippen LogP contribution is -2.26. The second kappa shape index (κ2) is 4.92. The Morgan fingerprint density at radius 1 is 1.19 bits per heavy atom. The predicted octanol–water partition coefficient (Wildman–Crippen LogP) is 2.44. The van der Waals surface area contributed by atoms with Crippen molar-refractivity contribution in [3.05, 3.63) is 35.9 Å². The average Bonchev–Trinajstić information content (AvgIpc) is 2.16. The van der Waals surface area contributed by atoms with Gasteiger partial charge in [-0.2, -0.15) is 0 Å². The smallest absolute Gasteiger partial charge is 0.314 e. The van der Waals surface area contributed by atoms with Crippen LogP contribution in [-0.4, -0.2) is 11.8 Å². The number of ether oxygens (including phenoxy) is 1. The summed E-state index contributed by atoms with van der Waals surface area (Å²) in [6, 6.07) is 9.45. The average molecular weight is 220 g/mol. The molecule has 0 spiro atoms. The zero-order valence-electron chi connectivity index (χ0n) is 9.82. The molecule has 0 aliphatic heterocycles. The molecular weight excluding hydrogens is 204 g/mol.